The van der Waals surface area contributed by atoms with Gasteiger partial charge in [-0.05, 0) is 62.8 Å². The smallest absolute Gasteiger partial charge is 0.191 e. The lowest BCUT2D eigenvalue weighted by molar-refractivity contribution is -0.0320. The van der Waals surface area contributed by atoms with Gasteiger partial charge in [0, 0.05) is 58.2 Å². The molecule has 0 bridgehead atoms. The van der Waals surface area contributed by atoms with Crippen LogP contribution in [0.15, 0.2) is 23.2 Å². The minimum Gasteiger partial charge on any atom is -0.381 e. The van der Waals surface area contributed by atoms with Crippen molar-refractivity contribution >= 4 is 35.6 Å². The van der Waals surface area contributed by atoms with E-state index in [1.54, 1.807) is 19.2 Å². The van der Waals surface area contributed by atoms with Gasteiger partial charge in [0.1, 0.15) is 5.82 Å². The molecule has 2 N–H and O–H groups in total. The standard InChI is InChI=1S/C22H35FN4O2.HI/c1-17-15-18(23)6-7-21(17)27-11-3-5-19(16-27)26-22(24-2)25-10-4-12-29-20-8-13-28-14-9-20;/h6-7,15,19-20H,3-5,8-14,16H2,1-2H3,(H2,24,25,26);1H. The third-order valence-electron chi connectivity index (χ3n) is 5.62. The van der Waals surface area contributed by atoms with Gasteiger partial charge in [-0.1, -0.05) is 0 Å². The minimum atomic E-state index is -0.177. The number of guanidine groups is 1. The number of hydrogen-bond acceptors (Lipinski definition) is 4. The maximum absolute atomic E-state index is 13.4. The number of anilines is 1. The van der Waals surface area contributed by atoms with Gasteiger partial charge in [-0.15, -0.1) is 24.0 Å². The van der Waals surface area contributed by atoms with Gasteiger partial charge >= 0.3 is 0 Å². The van der Waals surface area contributed by atoms with E-state index in [2.05, 4.69) is 20.5 Å². The second kappa shape index (κ2) is 13.3. The highest BCUT2D eigenvalue weighted by atomic mass is 127. The molecule has 1 atom stereocenters. The Balaban J connectivity index is 0.00000320. The molecule has 8 heteroatoms. The van der Waals surface area contributed by atoms with Crippen LogP contribution in [-0.4, -0.2) is 64.6 Å². The fourth-order valence-electron chi connectivity index (χ4n) is 4.05. The van der Waals surface area contributed by atoms with E-state index >= 15 is 0 Å². The molecular weight excluding hydrogens is 498 g/mol. The largest absolute Gasteiger partial charge is 0.381 e. The summed E-state index contributed by atoms with van der Waals surface area (Å²) in [7, 11) is 1.80. The molecule has 0 amide bonds. The monoisotopic (exact) mass is 534 g/mol. The summed E-state index contributed by atoms with van der Waals surface area (Å²) in [5, 5.41) is 6.94. The van der Waals surface area contributed by atoms with Crippen molar-refractivity contribution < 1.29 is 13.9 Å². The van der Waals surface area contributed by atoms with Crippen LogP contribution in [0.4, 0.5) is 10.1 Å². The van der Waals surface area contributed by atoms with Gasteiger partial charge in [-0.2, -0.15) is 0 Å². The van der Waals surface area contributed by atoms with Crippen LogP contribution in [-0.2, 0) is 9.47 Å². The maximum atomic E-state index is 13.4. The van der Waals surface area contributed by atoms with Gasteiger partial charge in [0.25, 0.3) is 0 Å². The number of hydrogen-bond donors (Lipinski definition) is 2. The summed E-state index contributed by atoms with van der Waals surface area (Å²) in [5.74, 6) is 0.655. The third-order valence-corrected chi connectivity index (χ3v) is 5.62. The van der Waals surface area contributed by atoms with Gasteiger partial charge in [0.2, 0.25) is 0 Å². The van der Waals surface area contributed by atoms with Gasteiger partial charge in [0.05, 0.1) is 6.10 Å². The molecule has 170 valence electrons. The summed E-state index contributed by atoms with van der Waals surface area (Å²) < 4.78 is 24.7. The molecule has 2 aliphatic heterocycles. The molecule has 1 unspecified atom stereocenters. The average Bonchev–Trinajstić information content (AvgIpc) is 2.73. The van der Waals surface area contributed by atoms with Crippen molar-refractivity contribution in [3.63, 3.8) is 0 Å². The second-order valence-electron chi connectivity index (χ2n) is 7.90. The number of benzene rings is 1. The summed E-state index contributed by atoms with van der Waals surface area (Å²) in [4.78, 5) is 6.70. The minimum absolute atomic E-state index is 0. The van der Waals surface area contributed by atoms with Crippen LogP contribution >= 0.6 is 24.0 Å². The molecule has 1 aromatic rings. The first kappa shape index (κ1) is 25.1. The van der Waals surface area contributed by atoms with E-state index in [0.717, 1.165) is 88.8 Å². The highest BCUT2D eigenvalue weighted by Gasteiger charge is 2.22. The fraction of sp³-hybridized carbons (Fsp3) is 0.682. The number of aliphatic imine (C=N–C) groups is 1. The lowest BCUT2D eigenvalue weighted by Gasteiger charge is -2.36. The lowest BCUT2D eigenvalue weighted by Crippen LogP contribution is -2.51. The zero-order valence-electron chi connectivity index (χ0n) is 18.2. The normalized spacial score (nSPS) is 20.6. The highest BCUT2D eigenvalue weighted by Crippen LogP contribution is 2.24. The van der Waals surface area contributed by atoms with Crippen LogP contribution in [0.1, 0.15) is 37.7 Å². The van der Waals surface area contributed by atoms with Crippen molar-refractivity contribution in [1.29, 1.82) is 0 Å². The summed E-state index contributed by atoms with van der Waals surface area (Å²) in [6.07, 6.45) is 5.51. The van der Waals surface area contributed by atoms with Gasteiger partial charge in [0.15, 0.2) is 5.96 Å². The highest BCUT2D eigenvalue weighted by molar-refractivity contribution is 14.0. The van der Waals surface area contributed by atoms with Crippen molar-refractivity contribution in [3.05, 3.63) is 29.6 Å². The SMILES string of the molecule is CN=C(NCCCOC1CCOCC1)NC1CCCN(c2ccc(F)cc2C)C1.I. The van der Waals surface area contributed by atoms with Crippen LogP contribution in [0.3, 0.4) is 0 Å². The van der Waals surface area contributed by atoms with Crippen molar-refractivity contribution in [3.8, 4) is 0 Å². The van der Waals surface area contributed by atoms with E-state index in [1.807, 2.05) is 13.0 Å². The second-order valence-corrected chi connectivity index (χ2v) is 7.90. The molecule has 0 aromatic heterocycles. The Labute approximate surface area is 197 Å². The van der Waals surface area contributed by atoms with Gasteiger partial charge in [-0.3, -0.25) is 4.99 Å². The predicted octanol–water partition coefficient (Wildman–Crippen LogP) is 3.47. The summed E-state index contributed by atoms with van der Waals surface area (Å²) in [6.45, 7) is 7.08. The van der Waals surface area contributed by atoms with Crippen molar-refractivity contribution in [2.24, 2.45) is 4.99 Å². The lowest BCUT2D eigenvalue weighted by atomic mass is 10.0. The Bertz CT molecular complexity index is 671. The van der Waals surface area contributed by atoms with Crippen molar-refractivity contribution in [2.45, 2.75) is 51.2 Å². The zero-order chi connectivity index (χ0) is 20.5. The molecule has 6 nitrogen and oxygen atoms in total. The molecule has 0 spiro atoms. The van der Waals surface area contributed by atoms with Gasteiger partial charge < -0.3 is 25.0 Å². The molecule has 2 saturated heterocycles. The van der Waals surface area contributed by atoms with E-state index in [9.17, 15) is 4.39 Å². The van der Waals surface area contributed by atoms with Crippen LogP contribution in [0.2, 0.25) is 0 Å². The van der Waals surface area contributed by atoms with E-state index in [-0.39, 0.29) is 29.8 Å². The van der Waals surface area contributed by atoms with Crippen molar-refractivity contribution in [1.82, 2.24) is 10.6 Å². The third kappa shape index (κ3) is 7.85. The maximum Gasteiger partial charge on any atom is 0.191 e. The summed E-state index contributed by atoms with van der Waals surface area (Å²) in [5.41, 5.74) is 2.10. The number of rotatable bonds is 7. The van der Waals surface area contributed by atoms with E-state index in [0.29, 0.717) is 12.1 Å². The number of nitrogens with zero attached hydrogens (tertiary/aromatic N) is 2. The number of nitrogens with one attached hydrogen (secondary N) is 2. The molecule has 0 saturated carbocycles. The zero-order valence-corrected chi connectivity index (χ0v) is 20.5. The Morgan fingerprint density at radius 2 is 2.10 bits per heavy atom. The molecule has 30 heavy (non-hydrogen) atoms. The van der Waals surface area contributed by atoms with Gasteiger partial charge in [-0.25, -0.2) is 4.39 Å². The van der Waals surface area contributed by atoms with Crippen LogP contribution in [0.5, 0.6) is 0 Å². The number of piperidine rings is 1. The van der Waals surface area contributed by atoms with E-state index < -0.39 is 0 Å². The Hall–Kier alpha value is -1.13. The predicted molar refractivity (Wildman–Crippen MR) is 131 cm³/mol. The Kier molecular flexibility index (Phi) is 11.2. The molecule has 3 rings (SSSR count). The first-order chi connectivity index (χ1) is 14.2. The molecule has 0 radical (unpaired) electrons. The number of halogens is 2. The Morgan fingerprint density at radius 1 is 1.30 bits per heavy atom. The van der Waals surface area contributed by atoms with E-state index in [1.165, 1.54) is 0 Å². The fourth-order valence-corrected chi connectivity index (χ4v) is 4.05. The molecule has 0 aliphatic carbocycles. The number of aryl methyl sites for hydroxylation is 1. The topological polar surface area (TPSA) is 58.1 Å². The molecule has 1 aromatic carbocycles. The summed E-state index contributed by atoms with van der Waals surface area (Å²) >= 11 is 0. The number of ether oxygens (including phenoxy) is 2. The molecule has 2 fully saturated rings. The van der Waals surface area contributed by atoms with Crippen LogP contribution in [0.25, 0.3) is 0 Å². The Morgan fingerprint density at radius 3 is 2.83 bits per heavy atom. The van der Waals surface area contributed by atoms with E-state index in [4.69, 9.17) is 9.47 Å². The van der Waals surface area contributed by atoms with Crippen LogP contribution in [0, 0.1) is 12.7 Å². The van der Waals surface area contributed by atoms with Crippen LogP contribution < -0.4 is 15.5 Å². The summed E-state index contributed by atoms with van der Waals surface area (Å²) in [6, 6.07) is 5.36. The molecule has 2 aliphatic rings. The quantitative estimate of drug-likeness (QED) is 0.243. The first-order valence-electron chi connectivity index (χ1n) is 10.8. The average molecular weight is 534 g/mol. The van der Waals surface area contributed by atoms with Crippen molar-refractivity contribution in [2.75, 3.05) is 51.4 Å². The first-order valence-corrected chi connectivity index (χ1v) is 10.8. The molecular formula is C22H36FIN4O2. The molecule has 2 heterocycles.